The second-order valence-corrected chi connectivity index (χ2v) is 5.06. The maximum Gasteiger partial charge on any atom is 0.422 e. The summed E-state index contributed by atoms with van der Waals surface area (Å²) in [6.07, 6.45) is -1.17. The first-order valence-electron chi connectivity index (χ1n) is 5.67. The summed E-state index contributed by atoms with van der Waals surface area (Å²) in [4.78, 5) is 22.2. The molecule has 3 N–H and O–H groups in total. The van der Waals surface area contributed by atoms with Crippen LogP contribution in [0, 0.1) is 0 Å². The number of rotatable bonds is 6. The van der Waals surface area contributed by atoms with E-state index in [0.717, 1.165) is 6.07 Å². The Bertz CT molecular complexity index is 642. The molecule has 0 aliphatic heterocycles. The number of methoxy groups -OCH3 is 1. The van der Waals surface area contributed by atoms with Crippen molar-refractivity contribution in [1.29, 1.82) is 0 Å². The van der Waals surface area contributed by atoms with Gasteiger partial charge in [-0.05, 0) is 25.1 Å². The Morgan fingerprint density at radius 2 is 2.00 bits per heavy atom. The molecule has 0 spiro atoms. The van der Waals surface area contributed by atoms with Crippen LogP contribution >= 0.6 is 0 Å². The van der Waals surface area contributed by atoms with E-state index < -0.39 is 22.3 Å². The van der Waals surface area contributed by atoms with Crippen LogP contribution in [0.5, 0.6) is 5.75 Å². The van der Waals surface area contributed by atoms with Gasteiger partial charge in [0.25, 0.3) is 0 Å². The lowest BCUT2D eigenvalue weighted by molar-refractivity contribution is 0.0697. The van der Waals surface area contributed by atoms with Crippen molar-refractivity contribution in [1.82, 2.24) is 4.72 Å². The molecule has 1 aromatic rings. The zero-order valence-electron chi connectivity index (χ0n) is 11.2. The summed E-state index contributed by atoms with van der Waals surface area (Å²) in [7, 11) is -2.97. The molecule has 0 fully saturated rings. The van der Waals surface area contributed by atoms with Gasteiger partial charge in [-0.25, -0.2) is 14.3 Å². The van der Waals surface area contributed by atoms with Crippen LogP contribution in [-0.2, 0) is 14.9 Å². The Morgan fingerprint density at radius 1 is 1.33 bits per heavy atom. The van der Waals surface area contributed by atoms with Gasteiger partial charge in [0.2, 0.25) is 0 Å². The first-order chi connectivity index (χ1) is 9.79. The molecule has 1 rings (SSSR count). The summed E-state index contributed by atoms with van der Waals surface area (Å²) in [6.45, 7) is 1.50. The van der Waals surface area contributed by atoms with E-state index in [2.05, 4.69) is 4.74 Å². The van der Waals surface area contributed by atoms with Crippen LogP contribution in [0.2, 0.25) is 0 Å². The third kappa shape index (κ3) is 4.84. The summed E-state index contributed by atoms with van der Waals surface area (Å²) in [5.41, 5.74) is -0.552. The average Bonchev–Trinajstić information content (AvgIpc) is 2.37. The number of hydrogen-bond donors (Lipinski definition) is 3. The van der Waals surface area contributed by atoms with E-state index >= 15 is 0 Å². The topological polar surface area (TPSA) is 131 Å². The fraction of sp³-hybridized carbons (Fsp3) is 0.273. The number of carboxylic acids is 1. The van der Waals surface area contributed by atoms with Crippen LogP contribution in [0.3, 0.4) is 0 Å². The van der Waals surface area contributed by atoms with Crippen molar-refractivity contribution >= 4 is 28.0 Å². The molecule has 0 radical (unpaired) electrons. The molecule has 0 unspecified atom stereocenters. The van der Waals surface area contributed by atoms with Crippen molar-refractivity contribution in [2.24, 2.45) is 0 Å². The largest absolute Gasteiger partial charge is 0.497 e. The summed E-state index contributed by atoms with van der Waals surface area (Å²) in [5, 5.41) is 9.05. The smallest absolute Gasteiger partial charge is 0.422 e. The molecule has 1 amide bonds. The molecular formula is C11H14N2O7S. The standard InChI is InChI=1S/C11H14N2O7S/c1-3-20-11(16)13-21(17,18)12-9-5-4-7(19-2)6-8(9)10(14)15/h4-6,12H,3H2,1-2H3,(H,13,16)(H,14,15). The lowest BCUT2D eigenvalue weighted by Crippen LogP contribution is -2.36. The van der Waals surface area contributed by atoms with Crippen molar-refractivity contribution in [3.63, 3.8) is 0 Å². The van der Waals surface area contributed by atoms with Gasteiger partial charge >= 0.3 is 22.3 Å². The highest BCUT2D eigenvalue weighted by atomic mass is 32.2. The molecular weight excluding hydrogens is 304 g/mol. The third-order valence-electron chi connectivity index (χ3n) is 2.19. The van der Waals surface area contributed by atoms with Gasteiger partial charge in [-0.15, -0.1) is 0 Å². The van der Waals surface area contributed by atoms with Gasteiger partial charge < -0.3 is 14.6 Å². The summed E-state index contributed by atoms with van der Waals surface area (Å²) in [6, 6.07) is 3.71. The van der Waals surface area contributed by atoms with Gasteiger partial charge in [0.05, 0.1) is 25.0 Å². The number of hydrogen-bond acceptors (Lipinski definition) is 6. The lowest BCUT2D eigenvalue weighted by atomic mass is 10.2. The van der Waals surface area contributed by atoms with Gasteiger partial charge in [0.15, 0.2) is 0 Å². The van der Waals surface area contributed by atoms with Gasteiger partial charge in [-0.2, -0.15) is 8.42 Å². The van der Waals surface area contributed by atoms with Crippen LogP contribution in [0.25, 0.3) is 0 Å². The van der Waals surface area contributed by atoms with E-state index in [1.807, 2.05) is 4.72 Å². The molecule has 0 bridgehead atoms. The van der Waals surface area contributed by atoms with Crippen molar-refractivity contribution < 1.29 is 32.6 Å². The molecule has 0 aliphatic rings. The number of aromatic carboxylic acids is 1. The molecule has 0 aromatic heterocycles. The van der Waals surface area contributed by atoms with E-state index in [1.54, 1.807) is 4.72 Å². The van der Waals surface area contributed by atoms with E-state index in [-0.39, 0.29) is 23.6 Å². The Hall–Kier alpha value is -2.49. The van der Waals surface area contributed by atoms with E-state index in [9.17, 15) is 18.0 Å². The molecule has 9 nitrogen and oxygen atoms in total. The van der Waals surface area contributed by atoms with Crippen molar-refractivity contribution in [2.75, 3.05) is 18.4 Å². The van der Waals surface area contributed by atoms with Gasteiger partial charge in [0, 0.05) is 0 Å². The van der Waals surface area contributed by atoms with Gasteiger partial charge in [-0.1, -0.05) is 0 Å². The fourth-order valence-corrected chi connectivity index (χ4v) is 2.15. The first-order valence-corrected chi connectivity index (χ1v) is 7.16. The number of carbonyl (C=O) groups excluding carboxylic acids is 1. The minimum absolute atomic E-state index is 0.00966. The van der Waals surface area contributed by atoms with E-state index in [0.29, 0.717) is 0 Å². The average molecular weight is 318 g/mol. The summed E-state index contributed by atoms with van der Waals surface area (Å²) < 4.78 is 36.1. The molecule has 10 heteroatoms. The van der Waals surface area contributed by atoms with Crippen LogP contribution in [-0.4, -0.2) is 39.3 Å². The molecule has 0 saturated heterocycles. The maximum absolute atomic E-state index is 11.7. The van der Waals surface area contributed by atoms with Crippen molar-refractivity contribution in [2.45, 2.75) is 6.92 Å². The number of carboxylic acid groups (broad SMARTS) is 1. The molecule has 21 heavy (non-hydrogen) atoms. The monoisotopic (exact) mass is 318 g/mol. The Morgan fingerprint density at radius 3 is 2.52 bits per heavy atom. The van der Waals surface area contributed by atoms with Crippen LogP contribution in [0.15, 0.2) is 18.2 Å². The van der Waals surface area contributed by atoms with Crippen LogP contribution in [0.4, 0.5) is 10.5 Å². The van der Waals surface area contributed by atoms with E-state index in [4.69, 9.17) is 9.84 Å². The van der Waals surface area contributed by atoms with Crippen LogP contribution in [0.1, 0.15) is 17.3 Å². The molecule has 0 heterocycles. The fourth-order valence-electron chi connectivity index (χ4n) is 1.36. The van der Waals surface area contributed by atoms with Crippen molar-refractivity contribution in [3.05, 3.63) is 23.8 Å². The number of nitrogens with one attached hydrogen (secondary N) is 2. The number of amides is 1. The maximum atomic E-state index is 11.7. The highest BCUT2D eigenvalue weighted by Gasteiger charge is 2.19. The zero-order valence-corrected chi connectivity index (χ0v) is 12.1. The van der Waals surface area contributed by atoms with Crippen molar-refractivity contribution in [3.8, 4) is 5.75 Å². The number of benzene rings is 1. The minimum Gasteiger partial charge on any atom is -0.497 e. The SMILES string of the molecule is CCOC(=O)NS(=O)(=O)Nc1ccc(OC)cc1C(=O)O. The predicted molar refractivity (Wildman–Crippen MR) is 72.7 cm³/mol. The molecule has 1 aromatic carbocycles. The van der Waals surface area contributed by atoms with E-state index in [1.165, 1.54) is 26.2 Å². The third-order valence-corrected chi connectivity index (χ3v) is 3.12. The Balaban J connectivity index is 3.01. The lowest BCUT2D eigenvalue weighted by Gasteiger charge is -2.12. The second-order valence-electron chi connectivity index (χ2n) is 3.64. The molecule has 0 saturated carbocycles. The van der Waals surface area contributed by atoms with Gasteiger partial charge in [-0.3, -0.25) is 4.72 Å². The normalized spacial score (nSPS) is 10.6. The molecule has 0 aliphatic carbocycles. The highest BCUT2D eigenvalue weighted by molar-refractivity contribution is 7.91. The molecule has 0 atom stereocenters. The summed E-state index contributed by atoms with van der Waals surface area (Å²) >= 11 is 0. The number of carbonyl (C=O) groups is 2. The molecule has 116 valence electrons. The highest BCUT2D eigenvalue weighted by Crippen LogP contribution is 2.22. The Kier molecular flexibility index (Phi) is 5.36. The van der Waals surface area contributed by atoms with Gasteiger partial charge in [0.1, 0.15) is 5.75 Å². The number of anilines is 1. The quantitative estimate of drug-likeness (QED) is 0.706. The Labute approximate surface area is 121 Å². The number of ether oxygens (including phenoxy) is 2. The second kappa shape index (κ2) is 6.79. The zero-order chi connectivity index (χ0) is 16.0. The van der Waals surface area contributed by atoms with Crippen LogP contribution < -0.4 is 14.2 Å². The first kappa shape index (κ1) is 16.6. The summed E-state index contributed by atoms with van der Waals surface area (Å²) in [5.74, 6) is -1.11. The predicted octanol–water partition coefficient (Wildman–Crippen LogP) is 0.796. The minimum atomic E-state index is -4.31.